The van der Waals surface area contributed by atoms with Crippen LogP contribution >= 0.6 is 0 Å². The van der Waals surface area contributed by atoms with Crippen molar-refractivity contribution in [3.8, 4) is 0 Å². The molecule has 0 atom stereocenters. The van der Waals surface area contributed by atoms with Crippen LogP contribution in [-0.4, -0.2) is 22.0 Å². The van der Waals surface area contributed by atoms with Gasteiger partial charge in [0.15, 0.2) is 5.65 Å². The van der Waals surface area contributed by atoms with Gasteiger partial charge >= 0.3 is 0 Å². The van der Waals surface area contributed by atoms with Crippen LogP contribution in [0.2, 0.25) is 0 Å². The SMILES string of the molecule is CNc1cnc2nccnc2c1. The van der Waals surface area contributed by atoms with E-state index in [1.807, 2.05) is 13.1 Å². The minimum atomic E-state index is 0.677. The molecule has 0 aliphatic heterocycles. The highest BCUT2D eigenvalue weighted by atomic mass is 14.9. The Balaban J connectivity index is 2.67. The molecule has 1 N–H and O–H groups in total. The van der Waals surface area contributed by atoms with Crippen LogP contribution in [0.5, 0.6) is 0 Å². The van der Waals surface area contributed by atoms with Gasteiger partial charge in [0.2, 0.25) is 0 Å². The number of hydrogen-bond acceptors (Lipinski definition) is 4. The number of fused-ring (bicyclic) bond motifs is 1. The molecule has 0 aliphatic rings. The Morgan fingerprint density at radius 2 is 2.00 bits per heavy atom. The fraction of sp³-hybridized carbons (Fsp3) is 0.125. The molecule has 0 saturated carbocycles. The zero-order valence-electron chi connectivity index (χ0n) is 6.65. The number of aromatic nitrogens is 3. The van der Waals surface area contributed by atoms with Gasteiger partial charge in [0.05, 0.1) is 11.9 Å². The third-order valence-corrected chi connectivity index (χ3v) is 1.61. The maximum atomic E-state index is 4.12. The van der Waals surface area contributed by atoms with Gasteiger partial charge < -0.3 is 5.32 Å². The van der Waals surface area contributed by atoms with Crippen molar-refractivity contribution < 1.29 is 0 Å². The summed E-state index contributed by atoms with van der Waals surface area (Å²) in [6, 6.07) is 1.91. The summed E-state index contributed by atoms with van der Waals surface area (Å²) in [5.41, 5.74) is 2.43. The van der Waals surface area contributed by atoms with Gasteiger partial charge in [0, 0.05) is 19.4 Å². The second-order valence-corrected chi connectivity index (χ2v) is 2.37. The normalized spacial score (nSPS) is 10.1. The highest BCUT2D eigenvalue weighted by Crippen LogP contribution is 2.10. The smallest absolute Gasteiger partial charge is 0.178 e. The number of anilines is 1. The second kappa shape index (κ2) is 2.73. The van der Waals surface area contributed by atoms with E-state index in [0.29, 0.717) is 5.65 Å². The van der Waals surface area contributed by atoms with Crippen LogP contribution in [0.1, 0.15) is 0 Å². The highest BCUT2D eigenvalue weighted by molar-refractivity contribution is 5.73. The van der Waals surface area contributed by atoms with Gasteiger partial charge in [-0.2, -0.15) is 0 Å². The molecule has 4 heteroatoms. The number of hydrogen-bond donors (Lipinski definition) is 1. The molecule has 2 aromatic rings. The molecule has 12 heavy (non-hydrogen) atoms. The monoisotopic (exact) mass is 160 g/mol. The lowest BCUT2D eigenvalue weighted by Crippen LogP contribution is -1.91. The van der Waals surface area contributed by atoms with E-state index in [2.05, 4.69) is 20.3 Å². The van der Waals surface area contributed by atoms with Gasteiger partial charge in [-0.05, 0) is 6.07 Å². The first-order valence-electron chi connectivity index (χ1n) is 3.64. The molecule has 0 bridgehead atoms. The fourth-order valence-electron chi connectivity index (χ4n) is 0.995. The van der Waals surface area contributed by atoms with E-state index in [1.54, 1.807) is 18.6 Å². The summed E-state index contributed by atoms with van der Waals surface area (Å²) >= 11 is 0. The Hall–Kier alpha value is -1.71. The Labute approximate surface area is 69.7 Å². The van der Waals surface area contributed by atoms with Crippen LogP contribution in [0.3, 0.4) is 0 Å². The maximum Gasteiger partial charge on any atom is 0.178 e. The van der Waals surface area contributed by atoms with E-state index in [9.17, 15) is 0 Å². The van der Waals surface area contributed by atoms with Crippen LogP contribution in [0.15, 0.2) is 24.7 Å². The van der Waals surface area contributed by atoms with Gasteiger partial charge in [-0.1, -0.05) is 0 Å². The lowest BCUT2D eigenvalue weighted by molar-refractivity contribution is 1.22. The van der Waals surface area contributed by atoms with E-state index in [4.69, 9.17) is 0 Å². The van der Waals surface area contributed by atoms with E-state index < -0.39 is 0 Å². The summed E-state index contributed by atoms with van der Waals surface area (Å²) < 4.78 is 0. The minimum absolute atomic E-state index is 0.677. The Kier molecular flexibility index (Phi) is 1.59. The predicted molar refractivity (Wildman–Crippen MR) is 46.9 cm³/mol. The van der Waals surface area contributed by atoms with Crippen LogP contribution < -0.4 is 5.32 Å². The molecular weight excluding hydrogens is 152 g/mol. The zero-order valence-corrected chi connectivity index (χ0v) is 6.65. The Morgan fingerprint density at radius 3 is 2.83 bits per heavy atom. The molecule has 2 aromatic heterocycles. The summed E-state index contributed by atoms with van der Waals surface area (Å²) in [5, 5.41) is 2.99. The van der Waals surface area contributed by atoms with Crippen molar-refractivity contribution in [3.05, 3.63) is 24.7 Å². The minimum Gasteiger partial charge on any atom is -0.387 e. The van der Waals surface area contributed by atoms with Gasteiger partial charge in [-0.25, -0.2) is 9.97 Å². The number of nitrogens with zero attached hydrogens (tertiary/aromatic N) is 3. The molecule has 0 saturated heterocycles. The second-order valence-electron chi connectivity index (χ2n) is 2.37. The fourth-order valence-corrected chi connectivity index (χ4v) is 0.995. The van der Waals surface area contributed by atoms with Gasteiger partial charge in [0.1, 0.15) is 5.52 Å². The summed E-state index contributed by atoms with van der Waals surface area (Å²) in [4.78, 5) is 12.3. The van der Waals surface area contributed by atoms with Crippen molar-refractivity contribution in [3.63, 3.8) is 0 Å². The highest BCUT2D eigenvalue weighted by Gasteiger charge is 1.96. The van der Waals surface area contributed by atoms with E-state index in [0.717, 1.165) is 11.2 Å². The van der Waals surface area contributed by atoms with Crippen LogP contribution in [0.4, 0.5) is 5.69 Å². The maximum absolute atomic E-state index is 4.12. The summed E-state index contributed by atoms with van der Waals surface area (Å²) in [7, 11) is 1.85. The number of rotatable bonds is 1. The van der Waals surface area contributed by atoms with Crippen molar-refractivity contribution in [1.29, 1.82) is 0 Å². The Bertz CT molecular complexity index is 399. The summed E-state index contributed by atoms with van der Waals surface area (Å²) in [6.45, 7) is 0. The molecule has 0 radical (unpaired) electrons. The van der Waals surface area contributed by atoms with Crippen molar-refractivity contribution >= 4 is 16.9 Å². The largest absolute Gasteiger partial charge is 0.387 e. The summed E-state index contributed by atoms with van der Waals surface area (Å²) in [5.74, 6) is 0. The molecular formula is C8H8N4. The number of pyridine rings is 1. The topological polar surface area (TPSA) is 50.7 Å². The van der Waals surface area contributed by atoms with Crippen molar-refractivity contribution in [1.82, 2.24) is 15.0 Å². The quantitative estimate of drug-likeness (QED) is 0.677. The molecule has 2 rings (SSSR count). The zero-order chi connectivity index (χ0) is 8.39. The average molecular weight is 160 g/mol. The van der Waals surface area contributed by atoms with Crippen molar-refractivity contribution in [2.75, 3.05) is 12.4 Å². The van der Waals surface area contributed by atoms with Crippen LogP contribution in [0, 0.1) is 0 Å². The average Bonchev–Trinajstić information content (AvgIpc) is 2.17. The molecule has 0 unspecified atom stereocenters. The lowest BCUT2D eigenvalue weighted by Gasteiger charge is -1.99. The molecule has 2 heterocycles. The lowest BCUT2D eigenvalue weighted by atomic mass is 10.4. The molecule has 0 fully saturated rings. The molecule has 0 aliphatic carbocycles. The third kappa shape index (κ3) is 1.07. The first-order chi connectivity index (χ1) is 5.90. The van der Waals surface area contributed by atoms with Gasteiger partial charge in [-0.3, -0.25) is 4.98 Å². The van der Waals surface area contributed by atoms with E-state index in [1.165, 1.54) is 0 Å². The standard InChI is InChI=1S/C8H8N4/c1-9-6-4-7-8(12-5-6)11-3-2-10-7/h2-5,9H,1H3. The Morgan fingerprint density at radius 1 is 1.17 bits per heavy atom. The predicted octanol–water partition coefficient (Wildman–Crippen LogP) is 1.07. The molecule has 0 amide bonds. The van der Waals surface area contributed by atoms with Gasteiger partial charge in [0.25, 0.3) is 0 Å². The van der Waals surface area contributed by atoms with E-state index in [-0.39, 0.29) is 0 Å². The summed E-state index contributed by atoms with van der Waals surface area (Å²) in [6.07, 6.45) is 5.02. The van der Waals surface area contributed by atoms with Crippen molar-refractivity contribution in [2.24, 2.45) is 0 Å². The number of nitrogens with one attached hydrogen (secondary N) is 1. The van der Waals surface area contributed by atoms with Crippen LogP contribution in [0.25, 0.3) is 11.2 Å². The molecule has 4 nitrogen and oxygen atoms in total. The van der Waals surface area contributed by atoms with E-state index >= 15 is 0 Å². The molecule has 60 valence electrons. The molecule has 0 spiro atoms. The first-order valence-corrected chi connectivity index (χ1v) is 3.64. The third-order valence-electron chi connectivity index (χ3n) is 1.61. The first kappa shape index (κ1) is 6.97. The van der Waals surface area contributed by atoms with Gasteiger partial charge in [-0.15, -0.1) is 0 Å². The van der Waals surface area contributed by atoms with Crippen molar-refractivity contribution in [2.45, 2.75) is 0 Å². The van der Waals surface area contributed by atoms with Crippen LogP contribution in [-0.2, 0) is 0 Å². The molecule has 0 aromatic carbocycles.